The number of nitrogens with two attached hydrogens (primary N) is 1. The molecule has 0 radical (unpaired) electrons. The molecule has 0 saturated carbocycles. The maximum Gasteiger partial charge on any atom is 0.265 e. The number of nitrogens with one attached hydrogen (secondary N) is 1. The van der Waals surface area contributed by atoms with Crippen LogP contribution in [0.2, 0.25) is 0 Å². The number of hydrogen-bond acceptors (Lipinski definition) is 7. The molecule has 1 aromatic carbocycles. The summed E-state index contributed by atoms with van der Waals surface area (Å²) in [6, 6.07) is 10.9. The first-order valence-electron chi connectivity index (χ1n) is 7.79. The highest BCUT2D eigenvalue weighted by molar-refractivity contribution is 7.09. The Morgan fingerprint density at radius 3 is 2.69 bits per heavy atom. The summed E-state index contributed by atoms with van der Waals surface area (Å²) < 4.78 is 14.7. The average Bonchev–Trinajstić information content (AvgIpc) is 3.08. The first-order valence-corrected chi connectivity index (χ1v) is 8.57. The van der Waals surface area contributed by atoms with Crippen molar-refractivity contribution in [3.05, 3.63) is 53.0 Å². The summed E-state index contributed by atoms with van der Waals surface area (Å²) in [5, 5.41) is 2.84. The second-order valence-corrected chi connectivity index (χ2v) is 6.13. The van der Waals surface area contributed by atoms with Crippen LogP contribution in [0, 0.1) is 0 Å². The molecule has 0 bridgehead atoms. The Bertz CT molecular complexity index is 912. The number of pyridine rings is 1. The fraction of sp³-hybridized carbons (Fsp3) is 0.167. The minimum atomic E-state index is -0.281. The molecule has 134 valence electrons. The highest BCUT2D eigenvalue weighted by Gasteiger charge is 2.19. The summed E-state index contributed by atoms with van der Waals surface area (Å²) in [4.78, 5) is 17.0. The van der Waals surface area contributed by atoms with Gasteiger partial charge in [0.15, 0.2) is 11.5 Å². The molecular formula is C18H18N4O3S. The van der Waals surface area contributed by atoms with Crippen LogP contribution < -0.4 is 20.5 Å². The van der Waals surface area contributed by atoms with E-state index in [0.29, 0.717) is 40.0 Å². The van der Waals surface area contributed by atoms with E-state index in [4.69, 9.17) is 15.2 Å². The summed E-state index contributed by atoms with van der Waals surface area (Å²) in [7, 11) is 3.14. The number of benzene rings is 1. The lowest BCUT2D eigenvalue weighted by atomic mass is 10.2. The van der Waals surface area contributed by atoms with Crippen LogP contribution in [0.1, 0.15) is 15.2 Å². The molecule has 8 heteroatoms. The van der Waals surface area contributed by atoms with Gasteiger partial charge in [-0.1, -0.05) is 12.1 Å². The van der Waals surface area contributed by atoms with E-state index in [1.54, 1.807) is 32.5 Å². The molecule has 1 amide bonds. The lowest BCUT2D eigenvalue weighted by Crippen LogP contribution is -2.22. The predicted octanol–water partition coefficient (Wildman–Crippen LogP) is 2.73. The highest BCUT2D eigenvalue weighted by Crippen LogP contribution is 2.30. The summed E-state index contributed by atoms with van der Waals surface area (Å²) >= 11 is 1.06. The van der Waals surface area contributed by atoms with Crippen molar-refractivity contribution < 1.29 is 14.3 Å². The topological polar surface area (TPSA) is 99.4 Å². The molecule has 2 heterocycles. The maximum absolute atomic E-state index is 12.5. The second kappa shape index (κ2) is 7.83. The largest absolute Gasteiger partial charge is 0.493 e. The third kappa shape index (κ3) is 3.60. The fourth-order valence-electron chi connectivity index (χ4n) is 2.40. The number of nitrogen functional groups attached to an aromatic ring is 1. The Kier molecular flexibility index (Phi) is 5.33. The number of rotatable bonds is 6. The van der Waals surface area contributed by atoms with Gasteiger partial charge in [0.1, 0.15) is 10.6 Å². The average molecular weight is 370 g/mol. The SMILES string of the molecule is COc1ccc(CNC(=O)c2snc(-c3ccccn3)c2N)cc1OC. The number of ether oxygens (including phenoxy) is 2. The van der Waals surface area contributed by atoms with Gasteiger partial charge in [0, 0.05) is 12.7 Å². The molecule has 3 rings (SSSR count). The minimum Gasteiger partial charge on any atom is -0.493 e. The van der Waals surface area contributed by atoms with E-state index in [1.165, 1.54) is 0 Å². The third-order valence-electron chi connectivity index (χ3n) is 3.74. The van der Waals surface area contributed by atoms with Gasteiger partial charge in [0.05, 0.1) is 25.6 Å². The van der Waals surface area contributed by atoms with Gasteiger partial charge in [0.2, 0.25) is 0 Å². The Balaban J connectivity index is 1.72. The minimum absolute atomic E-state index is 0.281. The van der Waals surface area contributed by atoms with Crippen molar-refractivity contribution in [3.8, 4) is 22.9 Å². The van der Waals surface area contributed by atoms with Gasteiger partial charge in [-0.25, -0.2) is 0 Å². The molecule has 0 saturated heterocycles. The molecule has 0 aliphatic carbocycles. The zero-order valence-corrected chi connectivity index (χ0v) is 15.2. The lowest BCUT2D eigenvalue weighted by Gasteiger charge is -2.10. The normalized spacial score (nSPS) is 10.4. The molecular weight excluding hydrogens is 352 g/mol. The Hall–Kier alpha value is -3.13. The zero-order valence-electron chi connectivity index (χ0n) is 14.4. The van der Waals surface area contributed by atoms with Crippen molar-refractivity contribution in [2.45, 2.75) is 6.54 Å². The van der Waals surface area contributed by atoms with E-state index in [1.807, 2.05) is 24.3 Å². The number of aromatic nitrogens is 2. The van der Waals surface area contributed by atoms with Crippen molar-refractivity contribution in [3.63, 3.8) is 0 Å². The molecule has 3 N–H and O–H groups in total. The molecule has 26 heavy (non-hydrogen) atoms. The van der Waals surface area contributed by atoms with Gasteiger partial charge in [-0.15, -0.1) is 0 Å². The standard InChI is InChI=1S/C18H18N4O3S/c1-24-13-7-6-11(9-14(13)25-2)10-21-18(23)17-15(19)16(22-26-17)12-5-3-4-8-20-12/h3-9H,10,19H2,1-2H3,(H,21,23). The van der Waals surface area contributed by atoms with E-state index < -0.39 is 0 Å². The summed E-state index contributed by atoms with van der Waals surface area (Å²) in [5.74, 6) is 0.959. The number of hydrogen-bond donors (Lipinski definition) is 2. The predicted molar refractivity (Wildman–Crippen MR) is 100 cm³/mol. The van der Waals surface area contributed by atoms with Crippen molar-refractivity contribution in [1.82, 2.24) is 14.7 Å². The number of methoxy groups -OCH3 is 2. The van der Waals surface area contributed by atoms with Crippen LogP contribution in [-0.4, -0.2) is 29.5 Å². The number of carbonyl (C=O) groups excluding carboxylic acids is 1. The van der Waals surface area contributed by atoms with Gasteiger partial charge >= 0.3 is 0 Å². The number of amides is 1. The van der Waals surface area contributed by atoms with E-state index in [-0.39, 0.29) is 5.91 Å². The summed E-state index contributed by atoms with van der Waals surface area (Å²) in [5.41, 5.74) is 8.47. The van der Waals surface area contributed by atoms with Crippen molar-refractivity contribution in [2.75, 3.05) is 20.0 Å². The molecule has 0 atom stereocenters. The van der Waals surface area contributed by atoms with E-state index in [9.17, 15) is 4.79 Å². The van der Waals surface area contributed by atoms with Crippen LogP contribution in [-0.2, 0) is 6.54 Å². The van der Waals surface area contributed by atoms with Crippen LogP contribution in [0.5, 0.6) is 11.5 Å². The molecule has 3 aromatic rings. The molecule has 0 spiro atoms. The second-order valence-electron chi connectivity index (χ2n) is 5.36. The quantitative estimate of drug-likeness (QED) is 0.692. The van der Waals surface area contributed by atoms with Gasteiger partial charge in [-0.3, -0.25) is 9.78 Å². The van der Waals surface area contributed by atoms with Crippen molar-refractivity contribution in [2.24, 2.45) is 0 Å². The zero-order chi connectivity index (χ0) is 18.5. The van der Waals surface area contributed by atoms with Crippen LogP contribution in [0.15, 0.2) is 42.6 Å². The van der Waals surface area contributed by atoms with E-state index in [0.717, 1.165) is 17.1 Å². The van der Waals surface area contributed by atoms with Crippen molar-refractivity contribution in [1.29, 1.82) is 0 Å². The van der Waals surface area contributed by atoms with Crippen LogP contribution in [0.3, 0.4) is 0 Å². The van der Waals surface area contributed by atoms with Crippen LogP contribution >= 0.6 is 11.5 Å². The van der Waals surface area contributed by atoms with Crippen LogP contribution in [0.4, 0.5) is 5.69 Å². The molecule has 7 nitrogen and oxygen atoms in total. The smallest absolute Gasteiger partial charge is 0.265 e. The van der Waals surface area contributed by atoms with E-state index >= 15 is 0 Å². The third-order valence-corrected chi connectivity index (χ3v) is 4.60. The van der Waals surface area contributed by atoms with Gasteiger partial charge < -0.3 is 20.5 Å². The Labute approximate surface area is 155 Å². The van der Waals surface area contributed by atoms with E-state index in [2.05, 4.69) is 14.7 Å². The summed E-state index contributed by atoms with van der Waals surface area (Å²) in [6.07, 6.45) is 1.66. The van der Waals surface area contributed by atoms with Gasteiger partial charge in [-0.2, -0.15) is 4.37 Å². The van der Waals surface area contributed by atoms with Gasteiger partial charge in [0.25, 0.3) is 5.91 Å². The molecule has 0 fully saturated rings. The Morgan fingerprint density at radius 2 is 2.00 bits per heavy atom. The lowest BCUT2D eigenvalue weighted by molar-refractivity contribution is 0.0955. The number of nitrogens with zero attached hydrogens (tertiary/aromatic N) is 2. The number of carbonyl (C=O) groups is 1. The monoisotopic (exact) mass is 370 g/mol. The first kappa shape index (κ1) is 17.7. The van der Waals surface area contributed by atoms with Gasteiger partial charge in [-0.05, 0) is 41.4 Å². The highest BCUT2D eigenvalue weighted by atomic mass is 32.1. The van der Waals surface area contributed by atoms with Crippen LogP contribution in [0.25, 0.3) is 11.4 Å². The fourth-order valence-corrected chi connectivity index (χ4v) is 3.13. The number of anilines is 1. The molecule has 2 aromatic heterocycles. The Morgan fingerprint density at radius 1 is 1.19 bits per heavy atom. The first-order chi connectivity index (χ1) is 12.6. The molecule has 0 aliphatic rings. The van der Waals surface area contributed by atoms with Crippen molar-refractivity contribution >= 4 is 23.1 Å². The maximum atomic E-state index is 12.5. The summed E-state index contributed by atoms with van der Waals surface area (Å²) in [6.45, 7) is 0.329. The molecule has 0 unspecified atom stereocenters. The molecule has 0 aliphatic heterocycles.